The molecule has 1 atom stereocenters. The van der Waals surface area contributed by atoms with Crippen LogP contribution in [0.1, 0.15) is 27.7 Å². The van der Waals surface area contributed by atoms with E-state index in [-0.39, 0.29) is 5.37 Å². The molecule has 0 bridgehead atoms. The molecule has 0 fully saturated rings. The zero-order chi connectivity index (χ0) is 9.56. The van der Waals surface area contributed by atoms with Crippen molar-refractivity contribution in [3.63, 3.8) is 0 Å². The van der Waals surface area contributed by atoms with Gasteiger partial charge in [0.1, 0.15) is 0 Å². The molecule has 0 aliphatic carbocycles. The number of thiol groups is 1. The van der Waals surface area contributed by atoms with Gasteiger partial charge in [0.05, 0.1) is 0 Å². The maximum Gasteiger partial charge on any atom is 0.308 e. The van der Waals surface area contributed by atoms with E-state index in [0.717, 1.165) is 6.54 Å². The van der Waals surface area contributed by atoms with Gasteiger partial charge in [-0.1, -0.05) is 27.7 Å². The fourth-order valence-electron chi connectivity index (χ4n) is 0.631. The van der Waals surface area contributed by atoms with Crippen molar-refractivity contribution < 1.29 is 0 Å². The Morgan fingerprint density at radius 2 is 1.83 bits per heavy atom. The highest BCUT2D eigenvalue weighted by molar-refractivity contribution is 7.81. The quantitative estimate of drug-likeness (QED) is 0.252. The van der Waals surface area contributed by atoms with Gasteiger partial charge in [-0.2, -0.15) is 12.6 Å². The summed E-state index contributed by atoms with van der Waals surface area (Å²) in [6.07, 6.45) is 0. The minimum atomic E-state index is 0.240. The summed E-state index contributed by atoms with van der Waals surface area (Å²) >= 11 is 4.37. The van der Waals surface area contributed by atoms with E-state index >= 15 is 0 Å². The van der Waals surface area contributed by atoms with Gasteiger partial charge in [0.2, 0.25) is 0 Å². The second-order valence-corrected chi connectivity index (χ2v) is 4.36. The lowest BCUT2D eigenvalue weighted by molar-refractivity contribution is 0.582. The molecule has 71 valence electrons. The normalized spacial score (nSPS) is 13.9. The summed E-state index contributed by atoms with van der Waals surface area (Å²) in [5, 5.41) is 6.59. The Hall–Kier alpha value is 0.335. The van der Waals surface area contributed by atoms with Gasteiger partial charge in [-0.3, -0.25) is 0 Å². The lowest BCUT2D eigenvalue weighted by atomic mass is 10.1. The smallest absolute Gasteiger partial charge is 0.308 e. The third kappa shape index (κ3) is 7.01. The predicted molar refractivity (Wildman–Crippen MR) is 59.3 cm³/mol. The Kier molecular flexibility index (Phi) is 7.00. The molecule has 0 amide bonds. The molecule has 0 rings (SSSR count). The van der Waals surface area contributed by atoms with Crippen molar-refractivity contribution >= 4 is 20.2 Å². The molecule has 2 nitrogen and oxygen atoms in total. The highest BCUT2D eigenvalue weighted by Gasteiger charge is 2.06. The predicted octanol–water partition coefficient (Wildman–Crippen LogP) is 1.27. The number of nitrogens with one attached hydrogen (secondary N) is 2. The molecule has 0 aliphatic rings. The molecule has 0 aliphatic heterocycles. The van der Waals surface area contributed by atoms with E-state index in [1.165, 1.54) is 0 Å². The van der Waals surface area contributed by atoms with Crippen molar-refractivity contribution in [3.05, 3.63) is 0 Å². The van der Waals surface area contributed by atoms with E-state index in [0.29, 0.717) is 11.8 Å². The van der Waals surface area contributed by atoms with Crippen molar-refractivity contribution in [2.75, 3.05) is 6.54 Å². The fraction of sp³-hybridized carbons (Fsp3) is 1.00. The molecule has 0 aromatic rings. The van der Waals surface area contributed by atoms with Crippen molar-refractivity contribution in [2.45, 2.75) is 33.1 Å². The Balaban J connectivity index is 3.20. The highest BCUT2D eigenvalue weighted by atomic mass is 32.1. The summed E-state index contributed by atoms with van der Waals surface area (Å²) in [5.74, 6) is 1.23. The Labute approximate surface area is 82.6 Å². The zero-order valence-electron chi connectivity index (χ0n) is 8.46. The lowest BCUT2D eigenvalue weighted by Crippen LogP contribution is -2.41. The van der Waals surface area contributed by atoms with E-state index in [1.54, 1.807) is 0 Å². The summed E-state index contributed by atoms with van der Waals surface area (Å²) in [6.45, 7) is 9.65. The fourth-order valence-corrected chi connectivity index (χ4v) is 0.706. The van der Waals surface area contributed by atoms with E-state index in [2.05, 4.69) is 50.8 Å². The van der Waals surface area contributed by atoms with E-state index in [9.17, 15) is 0 Å². The van der Waals surface area contributed by atoms with Crippen molar-refractivity contribution in [1.29, 1.82) is 0 Å². The molecule has 2 N–H and O–H groups in total. The van der Waals surface area contributed by atoms with Crippen LogP contribution in [0.5, 0.6) is 0 Å². The largest absolute Gasteiger partial charge is 0.346 e. The van der Waals surface area contributed by atoms with Crippen LogP contribution in [0.3, 0.4) is 0 Å². The van der Waals surface area contributed by atoms with Crippen LogP contribution in [-0.4, -0.2) is 19.5 Å². The van der Waals surface area contributed by atoms with Gasteiger partial charge in [0.25, 0.3) is 0 Å². The number of hydrogen-bond acceptors (Lipinski definition) is 3. The molecule has 0 spiro atoms. The van der Waals surface area contributed by atoms with E-state index in [4.69, 9.17) is 0 Å². The second kappa shape index (κ2) is 6.81. The first-order chi connectivity index (χ1) is 5.54. The Bertz CT molecular complexity index is 109. The molecule has 0 heterocycles. The average molecular weight is 187 g/mol. The first kappa shape index (κ1) is 12.3. The third-order valence-corrected chi connectivity index (χ3v) is 2.26. The molecule has 0 saturated heterocycles. The van der Waals surface area contributed by atoms with Crippen LogP contribution in [0.4, 0.5) is 0 Å². The minimum Gasteiger partial charge on any atom is -0.346 e. The van der Waals surface area contributed by atoms with Gasteiger partial charge in [0.15, 0.2) is 0 Å². The topological polar surface area (TPSA) is 24.1 Å². The first-order valence-corrected chi connectivity index (χ1v) is 5.05. The summed E-state index contributed by atoms with van der Waals surface area (Å²) in [5.41, 5.74) is 0. The Morgan fingerprint density at radius 1 is 1.25 bits per heavy atom. The molecule has 1 radical (unpaired) electrons. The van der Waals surface area contributed by atoms with Crippen molar-refractivity contribution in [3.8, 4) is 0 Å². The highest BCUT2D eigenvalue weighted by Crippen LogP contribution is 2.03. The van der Waals surface area contributed by atoms with Gasteiger partial charge in [0, 0.05) is 5.37 Å². The number of hydrogen-bond donors (Lipinski definition) is 3. The van der Waals surface area contributed by atoms with Crippen LogP contribution in [0.2, 0.25) is 0 Å². The van der Waals surface area contributed by atoms with Crippen LogP contribution in [0.25, 0.3) is 0 Å². The molecular weight excluding hydrogens is 167 g/mol. The van der Waals surface area contributed by atoms with Gasteiger partial charge >= 0.3 is 7.55 Å². The van der Waals surface area contributed by atoms with Gasteiger partial charge in [-0.05, 0) is 18.4 Å². The van der Waals surface area contributed by atoms with Crippen LogP contribution in [0.15, 0.2) is 0 Å². The first-order valence-electron chi connectivity index (χ1n) is 4.53. The van der Waals surface area contributed by atoms with Gasteiger partial charge < -0.3 is 10.5 Å². The van der Waals surface area contributed by atoms with E-state index in [1.807, 2.05) is 7.55 Å². The molecule has 0 aromatic carbocycles. The molecule has 0 saturated carbocycles. The average Bonchev–Trinajstić information content (AvgIpc) is 1.97. The van der Waals surface area contributed by atoms with Crippen LogP contribution < -0.4 is 10.5 Å². The van der Waals surface area contributed by atoms with Gasteiger partial charge in [-0.25, -0.2) is 0 Å². The van der Waals surface area contributed by atoms with Crippen LogP contribution >= 0.6 is 12.6 Å². The van der Waals surface area contributed by atoms with Gasteiger partial charge in [-0.15, -0.1) is 0 Å². The maximum absolute atomic E-state index is 4.37. The molecule has 4 heteroatoms. The molecular formula is C8H20BN2S. The van der Waals surface area contributed by atoms with Crippen molar-refractivity contribution in [2.24, 2.45) is 11.8 Å². The minimum absolute atomic E-state index is 0.240. The zero-order valence-corrected chi connectivity index (χ0v) is 9.36. The summed E-state index contributed by atoms with van der Waals surface area (Å²) in [6, 6.07) is 0. The van der Waals surface area contributed by atoms with Crippen LogP contribution in [0, 0.1) is 11.8 Å². The monoisotopic (exact) mass is 187 g/mol. The maximum atomic E-state index is 4.37. The second-order valence-electron chi connectivity index (χ2n) is 3.80. The number of rotatable bonds is 6. The third-order valence-electron chi connectivity index (χ3n) is 1.51. The van der Waals surface area contributed by atoms with E-state index < -0.39 is 0 Å². The molecule has 12 heavy (non-hydrogen) atoms. The van der Waals surface area contributed by atoms with Crippen molar-refractivity contribution in [1.82, 2.24) is 10.5 Å². The summed E-state index contributed by atoms with van der Waals surface area (Å²) < 4.78 is 0. The standard InChI is InChI=1S/C8H20BN2S/c1-6(2)5-10-9-11-8(12)7(3)4/h6-8,10-12H,5H2,1-4H3. The lowest BCUT2D eigenvalue weighted by Gasteiger charge is -2.16. The Morgan fingerprint density at radius 3 is 2.25 bits per heavy atom. The summed E-state index contributed by atoms with van der Waals surface area (Å²) in [7, 11) is 1.89. The SMILES string of the molecule is CC(C)CN[B]NC(S)C(C)C. The summed E-state index contributed by atoms with van der Waals surface area (Å²) in [4.78, 5) is 0. The van der Waals surface area contributed by atoms with Crippen LogP contribution in [-0.2, 0) is 0 Å². The molecule has 0 aromatic heterocycles. The molecule has 1 unspecified atom stereocenters.